The summed E-state index contributed by atoms with van der Waals surface area (Å²) >= 11 is 9.10. The zero-order valence-electron chi connectivity index (χ0n) is 12.8. The van der Waals surface area contributed by atoms with Crippen LogP contribution >= 0.6 is 27.5 Å². The number of nitrogens with one attached hydrogen (secondary N) is 1. The van der Waals surface area contributed by atoms with Crippen LogP contribution in [0, 0.1) is 0 Å². The SMILES string of the molecule is COc1cc(/C=N\NS(=O)(=O)c2ccc(Cl)cc2)cc(Br)c1OC. The smallest absolute Gasteiger partial charge is 0.276 e. The van der Waals surface area contributed by atoms with Gasteiger partial charge in [0.1, 0.15) is 0 Å². The Morgan fingerprint density at radius 3 is 2.42 bits per heavy atom. The first kappa shape index (κ1) is 18.6. The van der Waals surface area contributed by atoms with Crippen LogP contribution in [0.2, 0.25) is 5.02 Å². The third kappa shape index (κ3) is 4.40. The molecular weight excluding hydrogens is 420 g/mol. The molecular formula is C15H14BrClN2O4S. The van der Waals surface area contributed by atoms with Gasteiger partial charge in [0, 0.05) is 5.02 Å². The molecule has 2 rings (SSSR count). The minimum Gasteiger partial charge on any atom is -0.493 e. The highest BCUT2D eigenvalue weighted by Gasteiger charge is 2.13. The average molecular weight is 434 g/mol. The zero-order valence-corrected chi connectivity index (χ0v) is 15.9. The lowest BCUT2D eigenvalue weighted by molar-refractivity contribution is 0.353. The summed E-state index contributed by atoms with van der Waals surface area (Å²) < 4.78 is 35.3. The predicted octanol–water partition coefficient (Wildman–Crippen LogP) is 3.43. The molecule has 0 aliphatic carbocycles. The van der Waals surface area contributed by atoms with Crippen LogP contribution in [0.3, 0.4) is 0 Å². The lowest BCUT2D eigenvalue weighted by Gasteiger charge is -2.10. The summed E-state index contributed by atoms with van der Waals surface area (Å²) in [5, 5.41) is 4.22. The van der Waals surface area contributed by atoms with Crippen molar-refractivity contribution in [2.45, 2.75) is 4.90 Å². The summed E-state index contributed by atoms with van der Waals surface area (Å²) in [4.78, 5) is 2.21. The molecule has 0 amide bonds. The predicted molar refractivity (Wildman–Crippen MR) is 96.6 cm³/mol. The molecule has 2 aromatic rings. The molecule has 0 unspecified atom stereocenters. The fourth-order valence-corrected chi connectivity index (χ4v) is 3.39. The van der Waals surface area contributed by atoms with E-state index in [1.165, 1.54) is 44.7 Å². The fourth-order valence-electron chi connectivity index (χ4n) is 1.85. The number of rotatable bonds is 6. The van der Waals surface area contributed by atoms with Crippen molar-refractivity contribution in [2.75, 3.05) is 14.2 Å². The maximum atomic E-state index is 12.1. The van der Waals surface area contributed by atoms with Crippen LogP contribution in [0.1, 0.15) is 5.56 Å². The minimum atomic E-state index is -3.76. The van der Waals surface area contributed by atoms with Crippen molar-refractivity contribution in [3.8, 4) is 11.5 Å². The molecule has 0 saturated heterocycles. The van der Waals surface area contributed by atoms with E-state index in [9.17, 15) is 8.42 Å². The molecule has 0 aliphatic heterocycles. The van der Waals surface area contributed by atoms with Crippen molar-refractivity contribution in [2.24, 2.45) is 5.10 Å². The van der Waals surface area contributed by atoms with E-state index in [4.69, 9.17) is 21.1 Å². The van der Waals surface area contributed by atoms with Gasteiger partial charge in [-0.2, -0.15) is 13.5 Å². The monoisotopic (exact) mass is 432 g/mol. The highest BCUT2D eigenvalue weighted by Crippen LogP contribution is 2.35. The van der Waals surface area contributed by atoms with Gasteiger partial charge >= 0.3 is 0 Å². The number of sulfonamides is 1. The second-order valence-electron chi connectivity index (χ2n) is 4.55. The van der Waals surface area contributed by atoms with Crippen LogP contribution in [0.4, 0.5) is 0 Å². The molecule has 0 fully saturated rings. The number of nitrogens with zero attached hydrogens (tertiary/aromatic N) is 1. The fraction of sp³-hybridized carbons (Fsp3) is 0.133. The summed E-state index contributed by atoms with van der Waals surface area (Å²) in [7, 11) is -0.727. The van der Waals surface area contributed by atoms with Crippen molar-refractivity contribution >= 4 is 43.8 Å². The first-order valence-corrected chi connectivity index (χ1v) is 9.24. The van der Waals surface area contributed by atoms with Crippen LogP contribution in [0.15, 0.2) is 50.9 Å². The van der Waals surface area contributed by atoms with Gasteiger partial charge in [0.2, 0.25) is 0 Å². The first-order chi connectivity index (χ1) is 11.4. The van der Waals surface area contributed by atoms with Crippen molar-refractivity contribution in [1.29, 1.82) is 0 Å². The molecule has 2 aromatic carbocycles. The lowest BCUT2D eigenvalue weighted by atomic mass is 10.2. The van der Waals surface area contributed by atoms with E-state index in [-0.39, 0.29) is 4.90 Å². The van der Waals surface area contributed by atoms with Crippen LogP contribution < -0.4 is 14.3 Å². The number of benzene rings is 2. The zero-order chi connectivity index (χ0) is 17.7. The summed E-state index contributed by atoms with van der Waals surface area (Å²) in [5.41, 5.74) is 0.623. The molecule has 9 heteroatoms. The Balaban J connectivity index is 2.19. The topological polar surface area (TPSA) is 77.0 Å². The van der Waals surface area contributed by atoms with E-state index in [1.54, 1.807) is 12.1 Å². The van der Waals surface area contributed by atoms with Gasteiger partial charge in [-0.15, -0.1) is 0 Å². The largest absolute Gasteiger partial charge is 0.493 e. The number of hydrogen-bond donors (Lipinski definition) is 1. The van der Waals surface area contributed by atoms with Gasteiger partial charge in [0.25, 0.3) is 10.0 Å². The van der Waals surface area contributed by atoms with Crippen LogP contribution in [-0.2, 0) is 10.0 Å². The number of ether oxygens (including phenoxy) is 2. The number of hydrazone groups is 1. The lowest BCUT2D eigenvalue weighted by Crippen LogP contribution is -2.18. The third-order valence-electron chi connectivity index (χ3n) is 2.97. The molecule has 6 nitrogen and oxygen atoms in total. The molecule has 1 N–H and O–H groups in total. The molecule has 0 bridgehead atoms. The summed E-state index contributed by atoms with van der Waals surface area (Å²) in [5.74, 6) is 1.03. The molecule has 0 aliphatic rings. The Hall–Kier alpha value is -1.77. The Labute approximate surface area is 153 Å². The van der Waals surface area contributed by atoms with Crippen molar-refractivity contribution < 1.29 is 17.9 Å². The van der Waals surface area contributed by atoms with Crippen molar-refractivity contribution in [3.05, 3.63) is 51.5 Å². The highest BCUT2D eigenvalue weighted by atomic mass is 79.9. The molecule has 0 saturated carbocycles. The van der Waals surface area contributed by atoms with Gasteiger partial charge in [0.05, 0.1) is 29.8 Å². The van der Waals surface area contributed by atoms with E-state index in [0.717, 1.165) is 0 Å². The van der Waals surface area contributed by atoms with Crippen molar-refractivity contribution in [3.63, 3.8) is 0 Å². The summed E-state index contributed by atoms with van der Waals surface area (Å²) in [6.07, 6.45) is 1.36. The molecule has 0 radical (unpaired) electrons. The Bertz CT molecular complexity index is 855. The normalized spacial score (nSPS) is 11.5. The van der Waals surface area contributed by atoms with Crippen LogP contribution in [0.5, 0.6) is 11.5 Å². The maximum Gasteiger partial charge on any atom is 0.276 e. The molecule has 128 valence electrons. The van der Waals surface area contributed by atoms with E-state index < -0.39 is 10.0 Å². The summed E-state index contributed by atoms with van der Waals surface area (Å²) in [6.45, 7) is 0. The molecule has 0 atom stereocenters. The number of hydrogen-bond acceptors (Lipinski definition) is 5. The quantitative estimate of drug-likeness (QED) is 0.559. The van der Waals surface area contributed by atoms with Gasteiger partial charge in [-0.1, -0.05) is 11.6 Å². The molecule has 0 aromatic heterocycles. The van der Waals surface area contributed by atoms with E-state index in [2.05, 4.69) is 25.9 Å². The molecule has 0 heterocycles. The van der Waals surface area contributed by atoms with Gasteiger partial charge < -0.3 is 9.47 Å². The Kier molecular flexibility index (Phi) is 6.09. The van der Waals surface area contributed by atoms with Gasteiger partial charge in [-0.3, -0.25) is 0 Å². The van der Waals surface area contributed by atoms with Crippen molar-refractivity contribution in [1.82, 2.24) is 4.83 Å². The third-order valence-corrected chi connectivity index (χ3v) is 5.05. The standard InChI is InChI=1S/C15H14BrClN2O4S/c1-22-14-8-10(7-13(16)15(14)23-2)9-18-19-24(20,21)12-5-3-11(17)4-6-12/h3-9,19H,1-2H3/b18-9-. The first-order valence-electron chi connectivity index (χ1n) is 6.59. The minimum absolute atomic E-state index is 0.0672. The number of methoxy groups -OCH3 is 2. The highest BCUT2D eigenvalue weighted by molar-refractivity contribution is 9.10. The van der Waals surface area contributed by atoms with E-state index >= 15 is 0 Å². The van der Waals surface area contributed by atoms with E-state index in [1.807, 2.05) is 0 Å². The van der Waals surface area contributed by atoms with Gasteiger partial charge in [-0.05, 0) is 57.9 Å². The van der Waals surface area contributed by atoms with Gasteiger partial charge in [-0.25, -0.2) is 4.83 Å². The van der Waals surface area contributed by atoms with Crippen LogP contribution in [0.25, 0.3) is 0 Å². The molecule has 0 spiro atoms. The second kappa shape index (κ2) is 7.87. The van der Waals surface area contributed by atoms with Gasteiger partial charge in [0.15, 0.2) is 11.5 Å². The average Bonchev–Trinajstić information content (AvgIpc) is 2.54. The Morgan fingerprint density at radius 1 is 1.17 bits per heavy atom. The second-order valence-corrected chi connectivity index (χ2v) is 7.50. The molecule has 24 heavy (non-hydrogen) atoms. The van der Waals surface area contributed by atoms with Crippen LogP contribution in [-0.4, -0.2) is 28.9 Å². The Morgan fingerprint density at radius 2 is 1.83 bits per heavy atom. The number of halogens is 2. The summed E-state index contributed by atoms with van der Waals surface area (Å²) in [6, 6.07) is 9.17. The van der Waals surface area contributed by atoms with E-state index in [0.29, 0.717) is 26.6 Å². The maximum absolute atomic E-state index is 12.1.